The minimum absolute atomic E-state index is 0.272. The Bertz CT molecular complexity index is 946. The summed E-state index contributed by atoms with van der Waals surface area (Å²) in [7, 11) is 0. The normalized spacial score (nSPS) is 10.4. The summed E-state index contributed by atoms with van der Waals surface area (Å²) in [5.41, 5.74) is 2.42. The van der Waals surface area contributed by atoms with Crippen LogP contribution in [0.1, 0.15) is 21.5 Å². The van der Waals surface area contributed by atoms with E-state index in [9.17, 15) is 9.18 Å². The number of amides is 1. The molecule has 0 unspecified atom stereocenters. The molecule has 2 N–H and O–H groups in total. The molecule has 1 amide bonds. The van der Waals surface area contributed by atoms with Gasteiger partial charge < -0.3 is 10.6 Å². The summed E-state index contributed by atoms with van der Waals surface area (Å²) in [6, 6.07) is 15.1. The van der Waals surface area contributed by atoms with Crippen molar-refractivity contribution < 1.29 is 9.18 Å². The Kier molecular flexibility index (Phi) is 5.49. The van der Waals surface area contributed by atoms with Gasteiger partial charge in [0, 0.05) is 34.6 Å². The van der Waals surface area contributed by atoms with Crippen molar-refractivity contribution in [2.45, 2.75) is 13.5 Å². The number of nitrogens with one attached hydrogen (secondary N) is 2. The number of anilines is 2. The van der Waals surface area contributed by atoms with Gasteiger partial charge >= 0.3 is 0 Å². The van der Waals surface area contributed by atoms with Crippen LogP contribution in [-0.2, 0) is 6.54 Å². The van der Waals surface area contributed by atoms with E-state index in [1.54, 1.807) is 48.5 Å². The Morgan fingerprint density at radius 3 is 2.77 bits per heavy atom. The van der Waals surface area contributed by atoms with E-state index in [2.05, 4.69) is 15.6 Å². The zero-order valence-corrected chi connectivity index (χ0v) is 14.8. The number of carbonyl (C=O) groups is 1. The molecule has 0 bridgehead atoms. The molecule has 26 heavy (non-hydrogen) atoms. The lowest BCUT2D eigenvalue weighted by molar-refractivity contribution is 0.102. The Hall–Kier alpha value is -2.92. The minimum Gasteiger partial charge on any atom is -0.366 e. The van der Waals surface area contributed by atoms with Crippen LogP contribution in [0.15, 0.2) is 60.8 Å². The van der Waals surface area contributed by atoms with Gasteiger partial charge in [0.15, 0.2) is 0 Å². The molecule has 0 spiro atoms. The molecule has 1 aromatic heterocycles. The minimum atomic E-state index is -0.287. The number of pyridine rings is 1. The van der Waals surface area contributed by atoms with E-state index in [0.29, 0.717) is 27.7 Å². The van der Waals surface area contributed by atoms with E-state index in [1.807, 2.05) is 6.92 Å². The number of rotatable bonds is 5. The average molecular weight is 370 g/mol. The zero-order chi connectivity index (χ0) is 18.5. The van der Waals surface area contributed by atoms with Gasteiger partial charge in [0.25, 0.3) is 5.91 Å². The summed E-state index contributed by atoms with van der Waals surface area (Å²) in [6.07, 6.45) is 1.53. The Morgan fingerprint density at radius 2 is 1.96 bits per heavy atom. The van der Waals surface area contributed by atoms with Gasteiger partial charge in [0.1, 0.15) is 11.6 Å². The number of nitrogens with zero attached hydrogens (tertiary/aromatic N) is 1. The fourth-order valence-corrected chi connectivity index (χ4v) is 2.61. The first kappa shape index (κ1) is 17.9. The van der Waals surface area contributed by atoms with Crippen molar-refractivity contribution in [2.75, 3.05) is 10.6 Å². The van der Waals surface area contributed by atoms with Gasteiger partial charge in [0.2, 0.25) is 0 Å². The van der Waals surface area contributed by atoms with Crippen molar-refractivity contribution in [3.05, 3.63) is 88.3 Å². The van der Waals surface area contributed by atoms with Gasteiger partial charge in [0.05, 0.1) is 0 Å². The maximum Gasteiger partial charge on any atom is 0.255 e. The number of benzene rings is 2. The Balaban J connectivity index is 1.71. The van der Waals surface area contributed by atoms with E-state index < -0.39 is 0 Å². The molecular formula is C20H17ClFN3O. The first-order valence-electron chi connectivity index (χ1n) is 8.04. The lowest BCUT2D eigenvalue weighted by atomic mass is 10.1. The van der Waals surface area contributed by atoms with Crippen LogP contribution in [0.25, 0.3) is 0 Å². The lowest BCUT2D eigenvalue weighted by Crippen LogP contribution is -2.13. The van der Waals surface area contributed by atoms with Crippen molar-refractivity contribution in [2.24, 2.45) is 0 Å². The second kappa shape index (κ2) is 7.97. The van der Waals surface area contributed by atoms with Gasteiger partial charge in [-0.3, -0.25) is 4.79 Å². The molecule has 0 radical (unpaired) electrons. The maximum atomic E-state index is 13.7. The van der Waals surface area contributed by atoms with Crippen molar-refractivity contribution in [3.63, 3.8) is 0 Å². The highest BCUT2D eigenvalue weighted by atomic mass is 35.5. The third kappa shape index (κ3) is 4.18. The van der Waals surface area contributed by atoms with Crippen LogP contribution >= 0.6 is 11.6 Å². The van der Waals surface area contributed by atoms with Crippen molar-refractivity contribution in [1.82, 2.24) is 4.98 Å². The Morgan fingerprint density at radius 1 is 1.15 bits per heavy atom. The topological polar surface area (TPSA) is 54.0 Å². The van der Waals surface area contributed by atoms with Crippen LogP contribution in [0.3, 0.4) is 0 Å². The monoisotopic (exact) mass is 369 g/mol. The fraction of sp³-hybridized carbons (Fsp3) is 0.100. The molecule has 3 aromatic rings. The summed E-state index contributed by atoms with van der Waals surface area (Å²) >= 11 is 6.08. The van der Waals surface area contributed by atoms with Gasteiger partial charge in [-0.2, -0.15) is 0 Å². The molecule has 0 aliphatic carbocycles. The molecule has 0 atom stereocenters. The molecule has 0 saturated carbocycles. The largest absolute Gasteiger partial charge is 0.366 e. The number of hydrogen-bond acceptors (Lipinski definition) is 3. The first-order valence-corrected chi connectivity index (χ1v) is 8.42. The van der Waals surface area contributed by atoms with Gasteiger partial charge in [-0.05, 0) is 42.8 Å². The smallest absolute Gasteiger partial charge is 0.255 e. The lowest BCUT2D eigenvalue weighted by Gasteiger charge is -2.11. The summed E-state index contributed by atoms with van der Waals surface area (Å²) in [5.74, 6) is -0.0687. The highest BCUT2D eigenvalue weighted by molar-refractivity contribution is 6.31. The summed E-state index contributed by atoms with van der Waals surface area (Å²) in [5, 5.41) is 6.46. The van der Waals surface area contributed by atoms with Crippen LogP contribution in [0, 0.1) is 12.7 Å². The molecule has 2 aromatic carbocycles. The maximum absolute atomic E-state index is 13.7. The average Bonchev–Trinajstić information content (AvgIpc) is 2.65. The second-order valence-corrected chi connectivity index (χ2v) is 6.15. The van der Waals surface area contributed by atoms with Crippen LogP contribution in [0.4, 0.5) is 15.9 Å². The third-order valence-electron chi connectivity index (χ3n) is 3.96. The molecule has 0 aliphatic rings. The highest BCUT2D eigenvalue weighted by Gasteiger charge is 2.10. The van der Waals surface area contributed by atoms with Crippen molar-refractivity contribution >= 4 is 29.0 Å². The molecule has 0 fully saturated rings. The summed E-state index contributed by atoms with van der Waals surface area (Å²) < 4.78 is 13.7. The number of halogens is 2. The fourth-order valence-electron chi connectivity index (χ4n) is 2.43. The quantitative estimate of drug-likeness (QED) is 0.662. The molecule has 132 valence electrons. The van der Waals surface area contributed by atoms with Gasteiger partial charge in [-0.1, -0.05) is 35.9 Å². The highest BCUT2D eigenvalue weighted by Crippen LogP contribution is 2.23. The first-order chi connectivity index (χ1) is 12.5. The van der Waals surface area contributed by atoms with E-state index in [-0.39, 0.29) is 18.3 Å². The van der Waals surface area contributed by atoms with Gasteiger partial charge in [-0.15, -0.1) is 0 Å². The van der Waals surface area contributed by atoms with Crippen LogP contribution < -0.4 is 10.6 Å². The van der Waals surface area contributed by atoms with E-state index >= 15 is 0 Å². The second-order valence-electron chi connectivity index (χ2n) is 5.74. The van der Waals surface area contributed by atoms with E-state index in [4.69, 9.17) is 11.6 Å². The number of carbonyl (C=O) groups excluding carboxylic acids is 1. The van der Waals surface area contributed by atoms with E-state index in [1.165, 1.54) is 12.3 Å². The molecule has 0 saturated heterocycles. The SMILES string of the molecule is Cc1c(Cl)cccc1NC(=O)c1ccnc(NCc2ccccc2F)c1. The molecule has 3 rings (SSSR count). The van der Waals surface area contributed by atoms with Crippen LogP contribution in [0.5, 0.6) is 0 Å². The molecule has 4 nitrogen and oxygen atoms in total. The predicted molar refractivity (Wildman–Crippen MR) is 102 cm³/mol. The van der Waals surface area contributed by atoms with Crippen LogP contribution in [0.2, 0.25) is 5.02 Å². The van der Waals surface area contributed by atoms with Gasteiger partial charge in [-0.25, -0.2) is 9.37 Å². The number of aromatic nitrogens is 1. The molecule has 0 aliphatic heterocycles. The van der Waals surface area contributed by atoms with Crippen molar-refractivity contribution in [1.29, 1.82) is 0 Å². The summed E-state index contributed by atoms with van der Waals surface area (Å²) in [6.45, 7) is 2.12. The predicted octanol–water partition coefficient (Wildman–Crippen LogP) is 5.05. The third-order valence-corrected chi connectivity index (χ3v) is 4.37. The van der Waals surface area contributed by atoms with E-state index in [0.717, 1.165) is 5.56 Å². The molecule has 1 heterocycles. The van der Waals surface area contributed by atoms with Crippen LogP contribution in [-0.4, -0.2) is 10.9 Å². The van der Waals surface area contributed by atoms with Crippen molar-refractivity contribution in [3.8, 4) is 0 Å². The zero-order valence-electron chi connectivity index (χ0n) is 14.1. The standard InChI is InChI=1S/C20H17ClFN3O/c1-13-16(21)6-4-8-18(13)25-20(26)14-9-10-23-19(11-14)24-12-15-5-2-3-7-17(15)22/h2-11H,12H2,1H3,(H,23,24)(H,25,26). The Labute approximate surface area is 156 Å². The summed E-state index contributed by atoms with van der Waals surface area (Å²) in [4.78, 5) is 16.7. The molecular weight excluding hydrogens is 353 g/mol. The number of hydrogen-bond donors (Lipinski definition) is 2. The molecule has 6 heteroatoms.